The van der Waals surface area contributed by atoms with Crippen LogP contribution in [0.4, 0.5) is 5.69 Å². The maximum absolute atomic E-state index is 11.6. The number of benzene rings is 1. The van der Waals surface area contributed by atoms with Crippen molar-refractivity contribution >= 4 is 11.6 Å². The topological polar surface area (TPSA) is 50.4 Å². The first kappa shape index (κ1) is 13.9. The second-order valence-electron chi connectivity index (χ2n) is 4.90. The van der Waals surface area contributed by atoms with Crippen molar-refractivity contribution in [1.29, 1.82) is 0 Å². The monoisotopic (exact) mass is 262 g/mol. The maximum atomic E-state index is 11.6. The molecule has 0 radical (unpaired) electrons. The maximum Gasteiger partial charge on any atom is 0.251 e. The van der Waals surface area contributed by atoms with E-state index in [-0.39, 0.29) is 5.91 Å². The second kappa shape index (κ2) is 7.14. The molecule has 104 valence electrons. The summed E-state index contributed by atoms with van der Waals surface area (Å²) in [4.78, 5) is 11.6. The van der Waals surface area contributed by atoms with Crippen LogP contribution < -0.4 is 10.6 Å². The van der Waals surface area contributed by atoms with Crippen LogP contribution in [0.15, 0.2) is 24.3 Å². The number of hydrogen-bond acceptors (Lipinski definition) is 3. The first-order valence-corrected chi connectivity index (χ1v) is 6.99. The van der Waals surface area contributed by atoms with Crippen LogP contribution in [0.1, 0.15) is 30.1 Å². The van der Waals surface area contributed by atoms with Crippen molar-refractivity contribution in [1.82, 2.24) is 5.32 Å². The molecule has 0 saturated carbocycles. The van der Waals surface area contributed by atoms with Crippen LogP contribution >= 0.6 is 0 Å². The lowest BCUT2D eigenvalue weighted by Crippen LogP contribution is -2.24. The van der Waals surface area contributed by atoms with Crippen molar-refractivity contribution in [2.24, 2.45) is 5.92 Å². The summed E-state index contributed by atoms with van der Waals surface area (Å²) >= 11 is 0. The molecular formula is C15H22N2O2. The van der Waals surface area contributed by atoms with Gasteiger partial charge in [0.15, 0.2) is 0 Å². The van der Waals surface area contributed by atoms with Crippen molar-refractivity contribution < 1.29 is 9.53 Å². The van der Waals surface area contributed by atoms with Crippen LogP contribution in [0.5, 0.6) is 0 Å². The summed E-state index contributed by atoms with van der Waals surface area (Å²) in [5, 5.41) is 6.19. The summed E-state index contributed by atoms with van der Waals surface area (Å²) in [6.45, 7) is 5.25. The molecule has 1 aromatic rings. The van der Waals surface area contributed by atoms with Gasteiger partial charge in [0.2, 0.25) is 0 Å². The molecule has 1 amide bonds. The highest BCUT2D eigenvalue weighted by molar-refractivity contribution is 5.94. The third kappa shape index (κ3) is 4.24. The lowest BCUT2D eigenvalue weighted by Gasteiger charge is -2.22. The van der Waals surface area contributed by atoms with Gasteiger partial charge in [-0.15, -0.1) is 0 Å². The Morgan fingerprint density at radius 1 is 1.37 bits per heavy atom. The van der Waals surface area contributed by atoms with E-state index in [1.165, 1.54) is 6.42 Å². The minimum Gasteiger partial charge on any atom is -0.385 e. The van der Waals surface area contributed by atoms with E-state index in [0.717, 1.165) is 31.9 Å². The molecule has 0 aliphatic carbocycles. The molecule has 19 heavy (non-hydrogen) atoms. The average Bonchev–Trinajstić information content (AvgIpc) is 2.47. The molecule has 1 atom stereocenters. The highest BCUT2D eigenvalue weighted by atomic mass is 16.5. The van der Waals surface area contributed by atoms with Gasteiger partial charge in [0.05, 0.1) is 6.61 Å². The van der Waals surface area contributed by atoms with Crippen molar-refractivity contribution in [3.8, 4) is 0 Å². The molecule has 1 aliphatic rings. The number of amides is 1. The van der Waals surface area contributed by atoms with E-state index in [2.05, 4.69) is 10.6 Å². The minimum atomic E-state index is -0.0188. The molecule has 0 aromatic heterocycles. The number of hydrogen-bond donors (Lipinski definition) is 2. The van der Waals surface area contributed by atoms with E-state index in [1.807, 2.05) is 31.2 Å². The van der Waals surface area contributed by atoms with Crippen LogP contribution in [0.25, 0.3) is 0 Å². The smallest absolute Gasteiger partial charge is 0.251 e. The van der Waals surface area contributed by atoms with Crippen molar-refractivity contribution in [2.75, 3.05) is 31.6 Å². The molecule has 4 nitrogen and oxygen atoms in total. The molecule has 1 unspecified atom stereocenters. The van der Waals surface area contributed by atoms with E-state index in [1.54, 1.807) is 0 Å². The van der Waals surface area contributed by atoms with Gasteiger partial charge in [-0.3, -0.25) is 4.79 Å². The van der Waals surface area contributed by atoms with Gasteiger partial charge in [-0.05, 0) is 49.9 Å². The molecule has 1 aromatic carbocycles. The zero-order valence-electron chi connectivity index (χ0n) is 11.4. The Morgan fingerprint density at radius 2 is 2.16 bits per heavy atom. The molecule has 1 aliphatic heterocycles. The molecule has 2 rings (SSSR count). The van der Waals surface area contributed by atoms with Crippen LogP contribution in [0, 0.1) is 5.92 Å². The van der Waals surface area contributed by atoms with E-state index in [4.69, 9.17) is 4.74 Å². The summed E-state index contributed by atoms with van der Waals surface area (Å²) in [6, 6.07) is 7.61. The van der Waals surface area contributed by atoms with E-state index < -0.39 is 0 Å². The third-order valence-electron chi connectivity index (χ3n) is 3.33. The van der Waals surface area contributed by atoms with Crippen LogP contribution in [-0.2, 0) is 4.74 Å². The van der Waals surface area contributed by atoms with Gasteiger partial charge in [0.1, 0.15) is 0 Å². The van der Waals surface area contributed by atoms with Crippen LogP contribution in [0.3, 0.4) is 0 Å². The Hall–Kier alpha value is -1.55. The Balaban J connectivity index is 1.82. The Kier molecular flexibility index (Phi) is 5.21. The zero-order valence-corrected chi connectivity index (χ0v) is 11.4. The molecule has 4 heteroatoms. The number of nitrogens with one attached hydrogen (secondary N) is 2. The lowest BCUT2D eigenvalue weighted by molar-refractivity contribution is 0.0595. The SMILES string of the molecule is CCNC(=O)c1ccc(NCC2CCCOC2)cc1. The molecule has 0 spiro atoms. The highest BCUT2D eigenvalue weighted by Crippen LogP contribution is 2.15. The van der Waals surface area contributed by atoms with Crippen molar-refractivity contribution in [3.63, 3.8) is 0 Å². The molecule has 1 heterocycles. The zero-order chi connectivity index (χ0) is 13.5. The Morgan fingerprint density at radius 3 is 2.79 bits per heavy atom. The summed E-state index contributed by atoms with van der Waals surface area (Å²) in [6.07, 6.45) is 2.38. The fourth-order valence-electron chi connectivity index (χ4n) is 2.23. The number of carbonyl (C=O) groups excluding carboxylic acids is 1. The molecule has 2 N–H and O–H groups in total. The van der Waals surface area contributed by atoms with Gasteiger partial charge >= 0.3 is 0 Å². The predicted octanol–water partition coefficient (Wildman–Crippen LogP) is 2.27. The predicted molar refractivity (Wildman–Crippen MR) is 76.5 cm³/mol. The van der Waals surface area contributed by atoms with Crippen LogP contribution in [0.2, 0.25) is 0 Å². The Bertz CT molecular complexity index is 397. The number of ether oxygens (including phenoxy) is 1. The standard InChI is InChI=1S/C15H22N2O2/c1-2-16-15(18)13-5-7-14(8-6-13)17-10-12-4-3-9-19-11-12/h5-8,12,17H,2-4,9-11H2,1H3,(H,16,18). The van der Waals surface area contributed by atoms with Gasteiger partial charge < -0.3 is 15.4 Å². The molecule has 0 bridgehead atoms. The number of anilines is 1. The molecule has 1 fully saturated rings. The van der Waals surface area contributed by atoms with Gasteiger partial charge in [0.25, 0.3) is 5.91 Å². The lowest BCUT2D eigenvalue weighted by atomic mass is 10.0. The normalized spacial score (nSPS) is 18.9. The summed E-state index contributed by atoms with van der Waals surface area (Å²) < 4.78 is 5.46. The second-order valence-corrected chi connectivity index (χ2v) is 4.90. The van der Waals surface area contributed by atoms with Gasteiger partial charge in [-0.1, -0.05) is 0 Å². The van der Waals surface area contributed by atoms with E-state index >= 15 is 0 Å². The first-order chi connectivity index (χ1) is 9.29. The average molecular weight is 262 g/mol. The van der Waals surface area contributed by atoms with Gasteiger partial charge in [-0.25, -0.2) is 0 Å². The summed E-state index contributed by atoms with van der Waals surface area (Å²) in [7, 11) is 0. The van der Waals surface area contributed by atoms with Crippen LogP contribution in [-0.4, -0.2) is 32.2 Å². The fourth-order valence-corrected chi connectivity index (χ4v) is 2.23. The van der Waals surface area contributed by atoms with Crippen molar-refractivity contribution in [2.45, 2.75) is 19.8 Å². The largest absolute Gasteiger partial charge is 0.385 e. The number of rotatable bonds is 5. The van der Waals surface area contributed by atoms with E-state index in [9.17, 15) is 4.79 Å². The molecular weight excluding hydrogens is 240 g/mol. The highest BCUT2D eigenvalue weighted by Gasteiger charge is 2.13. The molecule has 1 saturated heterocycles. The third-order valence-corrected chi connectivity index (χ3v) is 3.33. The minimum absolute atomic E-state index is 0.0188. The van der Waals surface area contributed by atoms with Gasteiger partial charge in [-0.2, -0.15) is 0 Å². The van der Waals surface area contributed by atoms with E-state index in [0.29, 0.717) is 18.0 Å². The fraction of sp³-hybridized carbons (Fsp3) is 0.533. The summed E-state index contributed by atoms with van der Waals surface area (Å²) in [5.41, 5.74) is 1.76. The van der Waals surface area contributed by atoms with Gasteiger partial charge in [0, 0.05) is 30.9 Å². The van der Waals surface area contributed by atoms with Crippen molar-refractivity contribution in [3.05, 3.63) is 29.8 Å². The summed E-state index contributed by atoms with van der Waals surface area (Å²) in [5.74, 6) is 0.576. The Labute approximate surface area is 114 Å². The number of carbonyl (C=O) groups is 1. The first-order valence-electron chi connectivity index (χ1n) is 6.99. The quantitative estimate of drug-likeness (QED) is 0.856.